The minimum absolute atomic E-state index is 0.000606. The Morgan fingerprint density at radius 3 is 2.61 bits per heavy atom. The summed E-state index contributed by atoms with van der Waals surface area (Å²) in [6.07, 6.45) is 3.23. The van der Waals surface area contributed by atoms with Gasteiger partial charge in [0.25, 0.3) is 0 Å². The number of unbranched alkanes of at least 4 members (excludes halogenated alkanes) is 2. The van der Waals surface area contributed by atoms with Crippen molar-refractivity contribution in [1.29, 1.82) is 0 Å². The van der Waals surface area contributed by atoms with Crippen LogP contribution in [0.3, 0.4) is 0 Å². The molecule has 18 heavy (non-hydrogen) atoms. The summed E-state index contributed by atoms with van der Waals surface area (Å²) in [4.78, 5) is 0. The van der Waals surface area contributed by atoms with Gasteiger partial charge in [-0.25, -0.2) is 0 Å². The average molecular weight is 252 g/mol. The largest absolute Gasteiger partial charge is 0.394 e. The van der Waals surface area contributed by atoms with E-state index >= 15 is 0 Å². The lowest BCUT2D eigenvalue weighted by atomic mass is 10.2. The second kappa shape index (κ2) is 10.1. The zero-order chi connectivity index (χ0) is 13.1. The number of hydrogen-bond donors (Lipinski definition) is 1. The van der Waals surface area contributed by atoms with E-state index in [1.807, 2.05) is 30.3 Å². The third-order valence-corrected chi connectivity index (χ3v) is 2.73. The van der Waals surface area contributed by atoms with E-state index in [4.69, 9.17) is 9.47 Å². The fraction of sp³-hybridized carbons (Fsp3) is 0.600. The second-order valence-electron chi connectivity index (χ2n) is 4.38. The van der Waals surface area contributed by atoms with Crippen LogP contribution >= 0.6 is 0 Å². The zero-order valence-electron chi connectivity index (χ0n) is 11.2. The number of hydrogen-bond acceptors (Lipinski definition) is 3. The van der Waals surface area contributed by atoms with Gasteiger partial charge in [0, 0.05) is 6.61 Å². The fourth-order valence-electron chi connectivity index (χ4n) is 1.61. The molecule has 1 N–H and O–H groups in total. The summed E-state index contributed by atoms with van der Waals surface area (Å²) in [5.74, 6) is 0. The summed E-state index contributed by atoms with van der Waals surface area (Å²) < 4.78 is 11.1. The summed E-state index contributed by atoms with van der Waals surface area (Å²) in [5, 5.41) is 9.20. The molecule has 0 unspecified atom stereocenters. The predicted octanol–water partition coefficient (Wildman–Crippen LogP) is 2.77. The summed E-state index contributed by atoms with van der Waals surface area (Å²) in [7, 11) is 0. The Kier molecular flexibility index (Phi) is 8.47. The normalized spacial score (nSPS) is 12.6. The van der Waals surface area contributed by atoms with Gasteiger partial charge in [-0.05, 0) is 12.0 Å². The maximum absolute atomic E-state index is 9.20. The predicted molar refractivity (Wildman–Crippen MR) is 72.4 cm³/mol. The molecule has 3 heteroatoms. The first-order chi connectivity index (χ1) is 8.86. The summed E-state index contributed by atoms with van der Waals surface area (Å²) >= 11 is 0. The summed E-state index contributed by atoms with van der Waals surface area (Å²) in [6.45, 7) is 3.90. The molecular formula is C15H24O3. The van der Waals surface area contributed by atoms with Crippen LogP contribution in [0.4, 0.5) is 0 Å². The average Bonchev–Trinajstić information content (AvgIpc) is 2.43. The summed E-state index contributed by atoms with van der Waals surface area (Å²) in [6, 6.07) is 9.96. The first-order valence-electron chi connectivity index (χ1n) is 6.71. The molecule has 0 aliphatic carbocycles. The van der Waals surface area contributed by atoms with Crippen LogP contribution in [-0.4, -0.2) is 31.0 Å². The van der Waals surface area contributed by atoms with Gasteiger partial charge in [-0.15, -0.1) is 0 Å². The number of aliphatic hydroxyl groups excluding tert-OH is 1. The molecule has 1 aromatic rings. The minimum Gasteiger partial charge on any atom is -0.394 e. The van der Waals surface area contributed by atoms with Crippen molar-refractivity contribution in [3.8, 4) is 0 Å². The molecular weight excluding hydrogens is 228 g/mol. The molecule has 0 saturated carbocycles. The molecule has 0 heterocycles. The van der Waals surface area contributed by atoms with Gasteiger partial charge in [0.05, 0.1) is 19.8 Å². The van der Waals surface area contributed by atoms with Crippen molar-refractivity contribution >= 4 is 0 Å². The molecule has 1 rings (SSSR count). The maximum atomic E-state index is 9.20. The van der Waals surface area contributed by atoms with E-state index in [2.05, 4.69) is 6.92 Å². The zero-order valence-corrected chi connectivity index (χ0v) is 11.2. The third kappa shape index (κ3) is 6.74. The lowest BCUT2D eigenvalue weighted by Crippen LogP contribution is -2.24. The molecule has 0 saturated heterocycles. The van der Waals surface area contributed by atoms with E-state index in [0.29, 0.717) is 13.2 Å². The highest BCUT2D eigenvalue weighted by Crippen LogP contribution is 2.04. The van der Waals surface area contributed by atoms with Crippen LogP contribution in [-0.2, 0) is 16.1 Å². The molecule has 102 valence electrons. The lowest BCUT2D eigenvalue weighted by Gasteiger charge is -2.15. The number of rotatable bonds is 10. The molecule has 1 aromatic carbocycles. The number of ether oxygens (including phenoxy) is 2. The van der Waals surface area contributed by atoms with E-state index in [9.17, 15) is 5.11 Å². The molecule has 0 amide bonds. The highest BCUT2D eigenvalue weighted by Gasteiger charge is 2.07. The first kappa shape index (κ1) is 15.2. The molecule has 1 atom stereocenters. The topological polar surface area (TPSA) is 38.7 Å². The van der Waals surface area contributed by atoms with Crippen LogP contribution in [0, 0.1) is 0 Å². The Morgan fingerprint density at radius 1 is 1.17 bits per heavy atom. The van der Waals surface area contributed by atoms with Crippen LogP contribution in [0.15, 0.2) is 30.3 Å². The highest BCUT2D eigenvalue weighted by molar-refractivity contribution is 5.13. The van der Waals surface area contributed by atoms with Crippen LogP contribution < -0.4 is 0 Å². The van der Waals surface area contributed by atoms with Crippen molar-refractivity contribution in [3.05, 3.63) is 35.9 Å². The van der Waals surface area contributed by atoms with Gasteiger partial charge >= 0.3 is 0 Å². The molecule has 0 fully saturated rings. The highest BCUT2D eigenvalue weighted by atomic mass is 16.5. The minimum atomic E-state index is -0.230. The SMILES string of the molecule is CCCCCOC[C@H](CO)OCc1ccccc1. The van der Waals surface area contributed by atoms with E-state index in [1.54, 1.807) is 0 Å². The van der Waals surface area contributed by atoms with Crippen molar-refractivity contribution in [2.24, 2.45) is 0 Å². The van der Waals surface area contributed by atoms with Crippen LogP contribution in [0.25, 0.3) is 0 Å². The van der Waals surface area contributed by atoms with E-state index in [0.717, 1.165) is 18.6 Å². The van der Waals surface area contributed by atoms with Gasteiger partial charge in [-0.2, -0.15) is 0 Å². The molecule has 0 bridgehead atoms. The van der Waals surface area contributed by atoms with Gasteiger partial charge < -0.3 is 14.6 Å². The molecule has 0 aliphatic heterocycles. The van der Waals surface area contributed by atoms with Crippen LogP contribution in [0.2, 0.25) is 0 Å². The van der Waals surface area contributed by atoms with Gasteiger partial charge in [0.15, 0.2) is 0 Å². The Balaban J connectivity index is 2.13. The Labute approximate surface area is 110 Å². The van der Waals surface area contributed by atoms with Gasteiger partial charge in [-0.1, -0.05) is 50.1 Å². The smallest absolute Gasteiger partial charge is 0.104 e. The quantitative estimate of drug-likeness (QED) is 0.651. The van der Waals surface area contributed by atoms with Gasteiger partial charge in [0.1, 0.15) is 6.10 Å². The van der Waals surface area contributed by atoms with Crippen molar-refractivity contribution < 1.29 is 14.6 Å². The van der Waals surface area contributed by atoms with Crippen LogP contribution in [0.1, 0.15) is 31.7 Å². The fourth-order valence-corrected chi connectivity index (χ4v) is 1.61. The van der Waals surface area contributed by atoms with E-state index < -0.39 is 0 Å². The molecule has 0 aliphatic rings. The van der Waals surface area contributed by atoms with Crippen molar-refractivity contribution in [2.45, 2.75) is 38.9 Å². The number of benzene rings is 1. The molecule has 0 spiro atoms. The Morgan fingerprint density at radius 2 is 1.94 bits per heavy atom. The maximum Gasteiger partial charge on any atom is 0.104 e. The van der Waals surface area contributed by atoms with Crippen molar-refractivity contribution in [3.63, 3.8) is 0 Å². The van der Waals surface area contributed by atoms with Crippen molar-refractivity contribution in [2.75, 3.05) is 19.8 Å². The van der Waals surface area contributed by atoms with Gasteiger partial charge in [0.2, 0.25) is 0 Å². The molecule has 3 nitrogen and oxygen atoms in total. The Bertz CT molecular complexity index is 287. The van der Waals surface area contributed by atoms with Crippen molar-refractivity contribution in [1.82, 2.24) is 0 Å². The third-order valence-electron chi connectivity index (χ3n) is 2.73. The monoisotopic (exact) mass is 252 g/mol. The summed E-state index contributed by atoms with van der Waals surface area (Å²) in [5.41, 5.74) is 1.11. The molecule has 0 aromatic heterocycles. The Hall–Kier alpha value is -0.900. The molecule has 0 radical (unpaired) electrons. The lowest BCUT2D eigenvalue weighted by molar-refractivity contribution is -0.0502. The van der Waals surface area contributed by atoms with E-state index in [-0.39, 0.29) is 12.7 Å². The number of aliphatic hydroxyl groups is 1. The van der Waals surface area contributed by atoms with Gasteiger partial charge in [-0.3, -0.25) is 0 Å². The van der Waals surface area contributed by atoms with E-state index in [1.165, 1.54) is 12.8 Å². The second-order valence-corrected chi connectivity index (χ2v) is 4.38. The standard InChI is InChI=1S/C15H24O3/c1-2-3-7-10-17-13-15(11-16)18-12-14-8-5-4-6-9-14/h4-6,8-9,15-16H,2-3,7,10-13H2,1H3/t15-/m0/s1. The van der Waals surface area contributed by atoms with Crippen LogP contribution in [0.5, 0.6) is 0 Å². The first-order valence-corrected chi connectivity index (χ1v) is 6.71.